The third-order valence-electron chi connectivity index (χ3n) is 3.26. The maximum absolute atomic E-state index is 13.2. The molecule has 0 saturated carbocycles. The molecule has 2 aromatic heterocycles. The molecule has 0 aliphatic heterocycles. The third kappa shape index (κ3) is 3.89. The lowest BCUT2D eigenvalue weighted by atomic mass is 10.2. The van der Waals surface area contributed by atoms with E-state index in [1.165, 1.54) is 30.3 Å². The molecule has 0 unspecified atom stereocenters. The summed E-state index contributed by atoms with van der Waals surface area (Å²) in [6.07, 6.45) is 0. The van der Waals surface area contributed by atoms with Crippen LogP contribution in [0, 0.1) is 18.6 Å². The summed E-state index contributed by atoms with van der Waals surface area (Å²) in [5.74, 6) is -2.64. The summed E-state index contributed by atoms with van der Waals surface area (Å²) in [7, 11) is 0. The predicted molar refractivity (Wildman–Crippen MR) is 87.7 cm³/mol. The normalized spacial score (nSPS) is 10.4. The largest absolute Gasteiger partial charge is 0.360 e. The van der Waals surface area contributed by atoms with Crippen LogP contribution < -0.4 is 10.6 Å². The Kier molecular flexibility index (Phi) is 4.70. The van der Waals surface area contributed by atoms with Crippen LogP contribution >= 0.6 is 0 Å². The van der Waals surface area contributed by atoms with E-state index in [2.05, 4.69) is 20.8 Å². The van der Waals surface area contributed by atoms with Crippen LogP contribution in [0.15, 0.2) is 47.0 Å². The smallest absolute Gasteiger partial charge is 0.275 e. The fraction of sp³-hybridized carbons (Fsp3) is 0.0588. The van der Waals surface area contributed by atoms with Crippen LogP contribution in [0.25, 0.3) is 0 Å². The molecule has 0 aliphatic carbocycles. The van der Waals surface area contributed by atoms with E-state index >= 15 is 0 Å². The number of nitrogens with one attached hydrogen (secondary N) is 2. The zero-order valence-corrected chi connectivity index (χ0v) is 13.4. The van der Waals surface area contributed by atoms with Gasteiger partial charge in [0.15, 0.2) is 17.5 Å². The summed E-state index contributed by atoms with van der Waals surface area (Å²) in [6, 6.07) is 8.73. The van der Waals surface area contributed by atoms with E-state index in [4.69, 9.17) is 4.52 Å². The van der Waals surface area contributed by atoms with Crippen LogP contribution in [-0.2, 0) is 0 Å². The van der Waals surface area contributed by atoms with Gasteiger partial charge in [0.2, 0.25) is 0 Å². The van der Waals surface area contributed by atoms with Gasteiger partial charge >= 0.3 is 0 Å². The number of pyridine rings is 1. The molecule has 26 heavy (non-hydrogen) atoms. The van der Waals surface area contributed by atoms with Crippen LogP contribution in [0.3, 0.4) is 0 Å². The van der Waals surface area contributed by atoms with Crippen molar-refractivity contribution < 1.29 is 22.9 Å². The minimum atomic E-state index is -1.09. The number of benzene rings is 1. The molecule has 7 nitrogen and oxygen atoms in total. The molecular weight excluding hydrogens is 346 g/mol. The first-order valence-corrected chi connectivity index (χ1v) is 7.40. The summed E-state index contributed by atoms with van der Waals surface area (Å²) in [6.45, 7) is 1.67. The molecule has 2 N–H and O–H groups in total. The summed E-state index contributed by atoms with van der Waals surface area (Å²) in [5.41, 5.74) is -0.0362. The Morgan fingerprint density at radius 1 is 0.962 bits per heavy atom. The van der Waals surface area contributed by atoms with E-state index in [0.717, 1.165) is 12.1 Å². The number of rotatable bonds is 4. The number of hydrogen-bond acceptors (Lipinski definition) is 5. The van der Waals surface area contributed by atoms with Gasteiger partial charge in [0.25, 0.3) is 11.8 Å². The van der Waals surface area contributed by atoms with Crippen molar-refractivity contribution in [1.82, 2.24) is 10.1 Å². The molecule has 2 heterocycles. The lowest BCUT2D eigenvalue weighted by Crippen LogP contribution is -2.18. The van der Waals surface area contributed by atoms with Gasteiger partial charge in [-0.3, -0.25) is 9.59 Å². The number of hydrogen-bond donors (Lipinski definition) is 2. The number of anilines is 2. The van der Waals surface area contributed by atoms with Crippen LogP contribution in [0.4, 0.5) is 20.3 Å². The van der Waals surface area contributed by atoms with Crippen molar-refractivity contribution in [2.24, 2.45) is 0 Å². The molecule has 0 fully saturated rings. The highest BCUT2D eigenvalue weighted by atomic mass is 19.2. The second-order valence-corrected chi connectivity index (χ2v) is 5.27. The number of nitrogens with zero attached hydrogens (tertiary/aromatic N) is 2. The summed E-state index contributed by atoms with van der Waals surface area (Å²) in [5, 5.41) is 8.49. The number of amides is 2. The Balaban J connectivity index is 1.74. The lowest BCUT2D eigenvalue weighted by molar-refractivity contribution is 0.101. The molecule has 0 bridgehead atoms. The van der Waals surface area contributed by atoms with E-state index in [9.17, 15) is 18.4 Å². The van der Waals surface area contributed by atoms with Crippen LogP contribution in [0.1, 0.15) is 26.7 Å². The van der Waals surface area contributed by atoms with Gasteiger partial charge in [0.05, 0.1) is 0 Å². The van der Waals surface area contributed by atoms with E-state index < -0.39 is 23.4 Å². The highest BCUT2D eigenvalue weighted by Crippen LogP contribution is 2.14. The van der Waals surface area contributed by atoms with Crippen molar-refractivity contribution in [2.45, 2.75) is 6.92 Å². The van der Waals surface area contributed by atoms with Crippen LogP contribution in [0.5, 0.6) is 0 Å². The van der Waals surface area contributed by atoms with Gasteiger partial charge in [0.1, 0.15) is 17.1 Å². The maximum Gasteiger partial charge on any atom is 0.275 e. The molecule has 9 heteroatoms. The van der Waals surface area contributed by atoms with E-state index in [1.807, 2.05) is 0 Å². The Morgan fingerprint density at radius 3 is 2.27 bits per heavy atom. The first-order valence-electron chi connectivity index (χ1n) is 7.40. The molecule has 0 radical (unpaired) electrons. The third-order valence-corrected chi connectivity index (χ3v) is 3.26. The van der Waals surface area contributed by atoms with Gasteiger partial charge in [-0.25, -0.2) is 13.8 Å². The van der Waals surface area contributed by atoms with Crippen molar-refractivity contribution in [1.29, 1.82) is 0 Å². The first-order chi connectivity index (χ1) is 12.4. The predicted octanol–water partition coefficient (Wildman–Crippen LogP) is 3.16. The van der Waals surface area contributed by atoms with Gasteiger partial charge in [-0.2, -0.15) is 0 Å². The molecule has 0 atom stereocenters. The molecule has 2 amide bonds. The molecule has 1 aromatic carbocycles. The van der Waals surface area contributed by atoms with Crippen molar-refractivity contribution in [2.75, 3.05) is 10.6 Å². The molecule has 132 valence electrons. The minimum Gasteiger partial charge on any atom is -0.360 e. The summed E-state index contributed by atoms with van der Waals surface area (Å²) < 4.78 is 31.0. The highest BCUT2D eigenvalue weighted by molar-refractivity contribution is 6.05. The Hall–Kier alpha value is -3.62. The minimum absolute atomic E-state index is 0.0245. The van der Waals surface area contributed by atoms with E-state index in [-0.39, 0.29) is 22.9 Å². The standard InChI is InChI=1S/C17H12F2N4O3/c1-9-7-15(23-26-9)22-17(25)14-4-2-3-13(21-14)16(24)20-10-5-6-11(18)12(19)8-10/h2-8H,1H3,(H,20,24)(H,22,23,25). The second kappa shape index (κ2) is 7.09. The zero-order chi connectivity index (χ0) is 18.7. The van der Waals surface area contributed by atoms with Crippen LogP contribution in [0.2, 0.25) is 0 Å². The highest BCUT2D eigenvalue weighted by Gasteiger charge is 2.14. The van der Waals surface area contributed by atoms with E-state index in [1.54, 1.807) is 6.92 Å². The van der Waals surface area contributed by atoms with Crippen molar-refractivity contribution in [3.8, 4) is 0 Å². The monoisotopic (exact) mass is 358 g/mol. The number of aryl methyl sites for hydroxylation is 1. The molecule has 0 spiro atoms. The number of aromatic nitrogens is 2. The van der Waals surface area contributed by atoms with Gasteiger partial charge in [0, 0.05) is 17.8 Å². The molecular formula is C17H12F2N4O3. The van der Waals surface area contributed by atoms with Gasteiger partial charge in [-0.1, -0.05) is 11.2 Å². The Labute approximate surface area is 146 Å². The zero-order valence-electron chi connectivity index (χ0n) is 13.4. The first kappa shape index (κ1) is 17.2. The van der Waals surface area contributed by atoms with Gasteiger partial charge < -0.3 is 15.2 Å². The SMILES string of the molecule is Cc1cc(NC(=O)c2cccc(C(=O)Nc3ccc(F)c(F)c3)n2)no1. The quantitative estimate of drug-likeness (QED) is 0.747. The molecule has 0 saturated heterocycles. The lowest BCUT2D eigenvalue weighted by Gasteiger charge is -2.06. The second-order valence-electron chi connectivity index (χ2n) is 5.27. The van der Waals surface area contributed by atoms with Crippen LogP contribution in [-0.4, -0.2) is 22.0 Å². The Bertz CT molecular complexity index is 988. The molecule has 3 aromatic rings. The topological polar surface area (TPSA) is 97.1 Å². The average Bonchev–Trinajstić information content (AvgIpc) is 3.03. The van der Waals surface area contributed by atoms with Crippen molar-refractivity contribution >= 4 is 23.3 Å². The molecule has 0 aliphatic rings. The number of halogens is 2. The molecule has 3 rings (SSSR count). The van der Waals surface area contributed by atoms with Crippen molar-refractivity contribution in [3.05, 3.63) is 71.2 Å². The maximum atomic E-state index is 13.2. The Morgan fingerprint density at radius 2 is 1.65 bits per heavy atom. The summed E-state index contributed by atoms with van der Waals surface area (Å²) in [4.78, 5) is 28.3. The number of carbonyl (C=O) groups is 2. The van der Waals surface area contributed by atoms with Crippen molar-refractivity contribution in [3.63, 3.8) is 0 Å². The van der Waals surface area contributed by atoms with E-state index in [0.29, 0.717) is 5.76 Å². The number of carbonyl (C=O) groups excluding carboxylic acids is 2. The van der Waals surface area contributed by atoms with Gasteiger partial charge in [-0.05, 0) is 31.2 Å². The fourth-order valence-corrected chi connectivity index (χ4v) is 2.06. The summed E-state index contributed by atoms with van der Waals surface area (Å²) >= 11 is 0. The van der Waals surface area contributed by atoms with Gasteiger partial charge in [-0.15, -0.1) is 0 Å². The fourth-order valence-electron chi connectivity index (χ4n) is 2.06. The average molecular weight is 358 g/mol.